The number of rotatable bonds is 5. The lowest BCUT2D eigenvalue weighted by Crippen LogP contribution is -2.47. The van der Waals surface area contributed by atoms with Crippen molar-refractivity contribution in [3.8, 4) is 0 Å². The maximum absolute atomic E-state index is 11.8. The molecule has 17 heavy (non-hydrogen) atoms. The molecule has 2 amide bonds. The smallest absolute Gasteiger partial charge is 0.326 e. The summed E-state index contributed by atoms with van der Waals surface area (Å²) in [7, 11) is 0. The Bertz CT molecular complexity index is 281. The highest BCUT2D eigenvalue weighted by molar-refractivity contribution is 5.82. The average molecular weight is 242 g/mol. The van der Waals surface area contributed by atoms with Crippen molar-refractivity contribution >= 4 is 12.0 Å². The van der Waals surface area contributed by atoms with Crippen molar-refractivity contribution in [2.45, 2.75) is 45.6 Å². The van der Waals surface area contributed by atoms with Crippen molar-refractivity contribution in [1.82, 2.24) is 10.2 Å². The summed E-state index contributed by atoms with van der Waals surface area (Å²) in [4.78, 5) is 24.5. The quantitative estimate of drug-likeness (QED) is 0.770. The molecule has 0 aliphatic carbocycles. The largest absolute Gasteiger partial charge is 0.480 e. The lowest BCUT2D eigenvalue weighted by atomic mass is 10.1. The van der Waals surface area contributed by atoms with Gasteiger partial charge in [-0.3, -0.25) is 0 Å². The number of aliphatic carboxylic acids is 1. The molecule has 1 aliphatic rings. The standard InChI is InChI=1S/C12H22N2O3/c1-3-4-5-10(11(15)16)13-12(17)14-7-6-9(2)8-14/h9-10H,3-8H2,1-2H3,(H,13,17)(H,15,16)/t9?,10-/m0/s1. The van der Waals surface area contributed by atoms with Gasteiger partial charge < -0.3 is 15.3 Å². The van der Waals surface area contributed by atoms with E-state index in [1.807, 2.05) is 6.92 Å². The normalized spacial score (nSPS) is 21.3. The first-order valence-electron chi connectivity index (χ1n) is 6.32. The van der Waals surface area contributed by atoms with Crippen LogP contribution in [0.15, 0.2) is 0 Å². The molecule has 0 aromatic heterocycles. The van der Waals surface area contributed by atoms with Crippen LogP contribution in [0.4, 0.5) is 4.79 Å². The van der Waals surface area contributed by atoms with Gasteiger partial charge in [0.25, 0.3) is 0 Å². The third-order valence-corrected chi connectivity index (χ3v) is 3.15. The number of carbonyl (C=O) groups excluding carboxylic acids is 1. The minimum absolute atomic E-state index is 0.238. The van der Waals surface area contributed by atoms with E-state index in [4.69, 9.17) is 5.11 Å². The first-order valence-corrected chi connectivity index (χ1v) is 6.32. The number of likely N-dealkylation sites (tertiary alicyclic amines) is 1. The second-order valence-electron chi connectivity index (χ2n) is 4.82. The Morgan fingerprint density at radius 2 is 2.24 bits per heavy atom. The fourth-order valence-electron chi connectivity index (χ4n) is 2.03. The van der Waals surface area contributed by atoms with Crippen LogP contribution in [0.5, 0.6) is 0 Å². The number of carboxylic acid groups (broad SMARTS) is 1. The molecule has 1 aliphatic heterocycles. The van der Waals surface area contributed by atoms with Gasteiger partial charge in [0.1, 0.15) is 6.04 Å². The molecule has 1 saturated heterocycles. The highest BCUT2D eigenvalue weighted by Gasteiger charge is 2.26. The molecule has 0 aromatic carbocycles. The third kappa shape index (κ3) is 4.24. The van der Waals surface area contributed by atoms with Crippen molar-refractivity contribution in [3.05, 3.63) is 0 Å². The molecule has 1 fully saturated rings. The third-order valence-electron chi connectivity index (χ3n) is 3.15. The Morgan fingerprint density at radius 1 is 1.53 bits per heavy atom. The molecular formula is C12H22N2O3. The van der Waals surface area contributed by atoms with E-state index in [0.717, 1.165) is 32.4 Å². The van der Waals surface area contributed by atoms with Crippen molar-refractivity contribution in [2.75, 3.05) is 13.1 Å². The summed E-state index contributed by atoms with van der Waals surface area (Å²) < 4.78 is 0. The van der Waals surface area contributed by atoms with E-state index in [2.05, 4.69) is 12.2 Å². The summed E-state index contributed by atoms with van der Waals surface area (Å²) >= 11 is 0. The maximum atomic E-state index is 11.8. The van der Waals surface area contributed by atoms with Gasteiger partial charge in [-0.05, 0) is 18.8 Å². The van der Waals surface area contributed by atoms with Crippen molar-refractivity contribution in [2.24, 2.45) is 5.92 Å². The maximum Gasteiger partial charge on any atom is 0.326 e. The van der Waals surface area contributed by atoms with Gasteiger partial charge in [0.2, 0.25) is 0 Å². The average Bonchev–Trinajstić information content (AvgIpc) is 2.70. The van der Waals surface area contributed by atoms with Gasteiger partial charge in [-0.15, -0.1) is 0 Å². The number of nitrogens with one attached hydrogen (secondary N) is 1. The summed E-state index contributed by atoms with van der Waals surface area (Å²) in [6.07, 6.45) is 3.25. The fraction of sp³-hybridized carbons (Fsp3) is 0.833. The predicted molar refractivity (Wildman–Crippen MR) is 64.8 cm³/mol. The molecule has 1 heterocycles. The number of nitrogens with zero attached hydrogens (tertiary/aromatic N) is 1. The summed E-state index contributed by atoms with van der Waals surface area (Å²) in [5.74, 6) is -0.432. The van der Waals surface area contributed by atoms with E-state index in [1.165, 1.54) is 0 Å². The van der Waals surface area contributed by atoms with Gasteiger partial charge in [-0.1, -0.05) is 26.7 Å². The molecular weight excluding hydrogens is 220 g/mol. The predicted octanol–water partition coefficient (Wildman–Crippen LogP) is 1.68. The topological polar surface area (TPSA) is 69.6 Å². The van der Waals surface area contributed by atoms with Crippen LogP contribution in [-0.4, -0.2) is 41.1 Å². The zero-order valence-electron chi connectivity index (χ0n) is 10.6. The van der Waals surface area contributed by atoms with Crippen molar-refractivity contribution in [3.63, 3.8) is 0 Å². The van der Waals surface area contributed by atoms with Crippen LogP contribution in [0.25, 0.3) is 0 Å². The van der Waals surface area contributed by atoms with Crippen LogP contribution >= 0.6 is 0 Å². The molecule has 0 radical (unpaired) electrons. The highest BCUT2D eigenvalue weighted by atomic mass is 16.4. The van der Waals surface area contributed by atoms with Gasteiger partial charge in [0.15, 0.2) is 0 Å². The number of urea groups is 1. The van der Waals surface area contributed by atoms with E-state index in [9.17, 15) is 9.59 Å². The highest BCUT2D eigenvalue weighted by Crippen LogP contribution is 2.15. The van der Waals surface area contributed by atoms with Crippen molar-refractivity contribution in [1.29, 1.82) is 0 Å². The number of amides is 2. The molecule has 0 bridgehead atoms. The Labute approximate surface area is 102 Å². The second kappa shape index (κ2) is 6.47. The van der Waals surface area contributed by atoms with Crippen LogP contribution in [0, 0.1) is 5.92 Å². The molecule has 5 nitrogen and oxygen atoms in total. The van der Waals surface area contributed by atoms with Crippen LogP contribution in [0.3, 0.4) is 0 Å². The lowest BCUT2D eigenvalue weighted by molar-refractivity contribution is -0.139. The summed E-state index contributed by atoms with van der Waals surface area (Å²) in [5.41, 5.74) is 0. The molecule has 1 rings (SSSR count). The van der Waals surface area contributed by atoms with Gasteiger partial charge in [0.05, 0.1) is 0 Å². The van der Waals surface area contributed by atoms with E-state index >= 15 is 0 Å². The second-order valence-corrected chi connectivity index (χ2v) is 4.82. The number of carbonyl (C=O) groups is 2. The SMILES string of the molecule is CCCC[C@H](NC(=O)N1CCC(C)C1)C(=O)O. The number of hydrogen-bond acceptors (Lipinski definition) is 2. The van der Waals surface area contributed by atoms with E-state index in [1.54, 1.807) is 4.90 Å². The Hall–Kier alpha value is -1.26. The molecule has 5 heteroatoms. The molecule has 98 valence electrons. The minimum atomic E-state index is -0.945. The Morgan fingerprint density at radius 3 is 2.71 bits per heavy atom. The van der Waals surface area contributed by atoms with Gasteiger partial charge in [0, 0.05) is 13.1 Å². The van der Waals surface area contributed by atoms with E-state index in [0.29, 0.717) is 12.3 Å². The minimum Gasteiger partial charge on any atom is -0.480 e. The monoisotopic (exact) mass is 242 g/mol. The molecule has 0 saturated carbocycles. The molecule has 1 unspecified atom stereocenters. The number of carboxylic acids is 1. The molecule has 0 aromatic rings. The summed E-state index contributed by atoms with van der Waals surface area (Å²) in [6, 6.07) is -0.990. The lowest BCUT2D eigenvalue weighted by Gasteiger charge is -2.20. The first kappa shape index (κ1) is 13.8. The van der Waals surface area contributed by atoms with Gasteiger partial charge in [-0.2, -0.15) is 0 Å². The van der Waals surface area contributed by atoms with Gasteiger partial charge in [-0.25, -0.2) is 9.59 Å². The summed E-state index contributed by atoms with van der Waals surface area (Å²) in [6.45, 7) is 5.56. The molecule has 2 N–H and O–H groups in total. The van der Waals surface area contributed by atoms with Crippen LogP contribution in [0.2, 0.25) is 0 Å². The number of unbranched alkanes of at least 4 members (excludes halogenated alkanes) is 1. The fourth-order valence-corrected chi connectivity index (χ4v) is 2.03. The van der Waals surface area contributed by atoms with Crippen LogP contribution in [-0.2, 0) is 4.79 Å². The van der Waals surface area contributed by atoms with E-state index in [-0.39, 0.29) is 6.03 Å². The van der Waals surface area contributed by atoms with Crippen LogP contribution in [0.1, 0.15) is 39.5 Å². The van der Waals surface area contributed by atoms with Crippen molar-refractivity contribution < 1.29 is 14.7 Å². The molecule has 2 atom stereocenters. The first-order chi connectivity index (χ1) is 8.04. The van der Waals surface area contributed by atoms with Gasteiger partial charge >= 0.3 is 12.0 Å². The zero-order valence-corrected chi connectivity index (χ0v) is 10.6. The summed E-state index contributed by atoms with van der Waals surface area (Å²) in [5, 5.41) is 11.6. The zero-order chi connectivity index (χ0) is 12.8. The number of hydrogen-bond donors (Lipinski definition) is 2. The van der Waals surface area contributed by atoms with Crippen LogP contribution < -0.4 is 5.32 Å². The molecule has 0 spiro atoms. The Balaban J connectivity index is 2.43. The van der Waals surface area contributed by atoms with E-state index < -0.39 is 12.0 Å². The Kier molecular flexibility index (Phi) is 5.25.